The van der Waals surface area contributed by atoms with Crippen molar-refractivity contribution in [1.29, 1.82) is 0 Å². The largest absolute Gasteiger partial charge is 0.490 e. The second kappa shape index (κ2) is 66.9. The lowest BCUT2D eigenvalue weighted by Crippen LogP contribution is -2.08. The molecule has 7 rings (SSSR count). The summed E-state index contributed by atoms with van der Waals surface area (Å²) in [7, 11) is 0. The minimum Gasteiger partial charge on any atom is -0.490 e. The maximum Gasteiger partial charge on any atom is 0.203 e. The van der Waals surface area contributed by atoms with Crippen LogP contribution in [0.15, 0.2) is 73.2 Å². The summed E-state index contributed by atoms with van der Waals surface area (Å²) in [5.74, 6) is 6.46. The Hall–Kier alpha value is -7.50. The first-order valence-electron chi connectivity index (χ1n) is 50.8. The first-order valence-corrected chi connectivity index (χ1v) is 50.8. The van der Waals surface area contributed by atoms with Crippen LogP contribution in [0.5, 0.6) is 51.7 Å². The molecule has 4 aromatic carbocycles. The van der Waals surface area contributed by atoms with Crippen molar-refractivity contribution in [1.82, 2.24) is 45.0 Å². The molecule has 3 aromatic heterocycles. The molecule has 18 nitrogen and oxygen atoms in total. The topological polar surface area (TPSA) is 175 Å². The van der Waals surface area contributed by atoms with E-state index in [-0.39, 0.29) is 0 Å². The van der Waals surface area contributed by atoms with E-state index in [0.717, 1.165) is 183 Å². The van der Waals surface area contributed by atoms with E-state index in [4.69, 9.17) is 73.6 Å². The zero-order valence-corrected chi connectivity index (χ0v) is 79.3. The minimum absolute atomic E-state index is 0.425. The van der Waals surface area contributed by atoms with E-state index in [1.54, 1.807) is 0 Å². The van der Waals surface area contributed by atoms with Gasteiger partial charge in [0.05, 0.1) is 97.7 Å². The van der Waals surface area contributed by atoms with Crippen LogP contribution in [0.2, 0.25) is 0 Å². The zero-order valence-electron chi connectivity index (χ0n) is 79.3. The highest BCUT2D eigenvalue weighted by Crippen LogP contribution is 2.44. The van der Waals surface area contributed by atoms with Gasteiger partial charge in [0.1, 0.15) is 17.1 Å². The predicted octanol–water partition coefficient (Wildman–Crippen LogP) is 30.3. The van der Waals surface area contributed by atoms with Gasteiger partial charge in [-0.25, -0.2) is 14.0 Å². The number of nitrogens with zero attached hydrogens (tertiary/aromatic N) is 9. The summed E-state index contributed by atoms with van der Waals surface area (Å²) in [5, 5.41) is 29.5. The van der Waals surface area contributed by atoms with Gasteiger partial charge >= 0.3 is 0 Å². The molecule has 0 aliphatic heterocycles. The first kappa shape index (κ1) is 103. The van der Waals surface area contributed by atoms with Crippen LogP contribution in [-0.2, 0) is 19.6 Å². The summed E-state index contributed by atoms with van der Waals surface area (Å²) in [5.41, 5.74) is 7.57. The van der Waals surface area contributed by atoms with Crippen LogP contribution in [0, 0.1) is 0 Å². The van der Waals surface area contributed by atoms with Crippen LogP contribution in [0.25, 0.3) is 33.8 Å². The average molecular weight is 1700 g/mol. The highest BCUT2D eigenvalue weighted by atomic mass is 16.6. The molecule has 3 heterocycles. The lowest BCUT2D eigenvalue weighted by Gasteiger charge is -2.19. The molecular formula is C105H171N9O9. The molecule has 7 aromatic rings. The molecule has 0 saturated carbocycles. The van der Waals surface area contributed by atoms with Crippen molar-refractivity contribution in [3.8, 4) is 85.5 Å². The Labute approximate surface area is 747 Å². The van der Waals surface area contributed by atoms with Gasteiger partial charge in [-0.2, -0.15) is 0 Å². The van der Waals surface area contributed by atoms with Gasteiger partial charge < -0.3 is 42.6 Å². The second-order valence-corrected chi connectivity index (χ2v) is 35.0. The van der Waals surface area contributed by atoms with Gasteiger partial charge in [-0.15, -0.1) is 15.3 Å². The lowest BCUT2D eigenvalue weighted by atomic mass is 10.0. The summed E-state index contributed by atoms with van der Waals surface area (Å²) < 4.78 is 66.9. The van der Waals surface area contributed by atoms with Gasteiger partial charge in [0.15, 0.2) is 34.5 Å². The summed E-state index contributed by atoms with van der Waals surface area (Å²) in [6.07, 6.45) is 69.6. The SMILES string of the molecule is CCCCCCCCOc1cc(Cn2cc(-c3cc(-c4cn(Cc5cc(OCCCCCCCC)c(OCCCCCCCC)c(OCCCCCCCC)c5)nn4)cc(-c4cn(Cc5cc(OCCCCCCCC)c(OCCCCCCCC)c(OCCCCCCCC)c5)nn4)c3)nn2)cc(OCCCCCCCC)c1OCCCCCCCC. The highest BCUT2D eigenvalue weighted by Gasteiger charge is 2.23. The van der Waals surface area contributed by atoms with E-state index in [0.29, 0.717) is 113 Å². The fourth-order valence-electron chi connectivity index (χ4n) is 16.0. The molecule has 0 aliphatic carbocycles. The Morgan fingerprint density at radius 2 is 0.341 bits per heavy atom. The van der Waals surface area contributed by atoms with Gasteiger partial charge in [0.25, 0.3) is 0 Å². The number of unbranched alkanes of at least 4 members (excludes halogenated alkanes) is 45. The molecule has 690 valence electrons. The average Bonchev–Trinajstić information content (AvgIpc) is 1.69. The van der Waals surface area contributed by atoms with Crippen molar-refractivity contribution >= 4 is 0 Å². The monoisotopic (exact) mass is 1700 g/mol. The third-order valence-corrected chi connectivity index (χ3v) is 23.5. The van der Waals surface area contributed by atoms with Crippen molar-refractivity contribution in [2.75, 3.05) is 59.5 Å². The Kier molecular flexibility index (Phi) is 55.8. The maximum absolute atomic E-state index is 6.80. The van der Waals surface area contributed by atoms with E-state index in [9.17, 15) is 0 Å². The van der Waals surface area contributed by atoms with Crippen molar-refractivity contribution in [2.45, 2.75) is 429 Å². The van der Waals surface area contributed by atoms with Crippen LogP contribution in [0.1, 0.15) is 426 Å². The van der Waals surface area contributed by atoms with E-state index in [2.05, 4.69) is 117 Å². The van der Waals surface area contributed by atoms with Gasteiger partial charge in [0, 0.05) is 16.7 Å². The summed E-state index contributed by atoms with van der Waals surface area (Å²) >= 11 is 0. The predicted molar refractivity (Wildman–Crippen MR) is 510 cm³/mol. The van der Waals surface area contributed by atoms with Crippen LogP contribution in [-0.4, -0.2) is 104 Å². The normalized spacial score (nSPS) is 11.5. The summed E-state index contributed by atoms with van der Waals surface area (Å²) in [4.78, 5) is 0. The number of rotatable bonds is 81. The lowest BCUT2D eigenvalue weighted by molar-refractivity contribution is 0.233. The molecule has 0 aliphatic rings. The fourth-order valence-corrected chi connectivity index (χ4v) is 16.0. The molecule has 0 saturated heterocycles. The molecule has 0 bridgehead atoms. The standard InChI is InChI=1S/C105H171N9O9/c1-10-19-28-37-46-55-64-115-97-73-88(74-98(116-65-56-47-38-29-20-11-2)103(97)121-70-61-52-43-34-25-16-7)82-112-85-94(106-109-112)91-79-92(95-86-113(110-107-95)83-89-75-99(117-66-57-48-39-30-21-12-3)104(122-71-62-53-44-35-26-17-8)100(76-89)118-67-58-49-40-31-22-13-4)81-93(80-91)96-87-114(111-108-96)84-90-77-101(119-68-59-50-41-32-23-14-5)105(123-72-63-54-45-36-27-18-9)102(78-90)120-69-60-51-42-33-24-15-6/h73-81,85-87H,10-72,82-84H2,1-9H3. The number of hydrogen-bond acceptors (Lipinski definition) is 15. The van der Waals surface area contributed by atoms with E-state index in [1.807, 2.05) is 32.6 Å². The van der Waals surface area contributed by atoms with E-state index >= 15 is 0 Å². The number of hydrogen-bond donors (Lipinski definition) is 0. The molecule has 18 heteroatoms. The minimum atomic E-state index is 0.425. The van der Waals surface area contributed by atoms with Crippen LogP contribution in [0.3, 0.4) is 0 Å². The maximum atomic E-state index is 6.80. The van der Waals surface area contributed by atoms with Crippen molar-refractivity contribution in [3.63, 3.8) is 0 Å². The molecule has 0 N–H and O–H groups in total. The Bertz CT molecular complexity index is 3270. The first-order chi connectivity index (χ1) is 60.7. The van der Waals surface area contributed by atoms with Crippen LogP contribution in [0.4, 0.5) is 0 Å². The molecular weight excluding hydrogens is 1530 g/mol. The third-order valence-electron chi connectivity index (χ3n) is 23.5. The fraction of sp³-hybridized carbons (Fsp3) is 0.714. The molecule has 0 amide bonds. The quantitative estimate of drug-likeness (QED) is 0.0329. The summed E-state index contributed by atoms with van der Waals surface area (Å²) in [6, 6.07) is 19.3. The van der Waals surface area contributed by atoms with Crippen LogP contribution < -0.4 is 42.6 Å². The Morgan fingerprint density at radius 3 is 0.512 bits per heavy atom. The number of aromatic nitrogens is 9. The number of ether oxygens (including phenoxy) is 9. The van der Waals surface area contributed by atoms with Gasteiger partial charge in [0.2, 0.25) is 17.2 Å². The van der Waals surface area contributed by atoms with Crippen molar-refractivity contribution in [3.05, 3.63) is 89.9 Å². The summed E-state index contributed by atoms with van der Waals surface area (Å²) in [6.45, 7) is 27.2. The van der Waals surface area contributed by atoms with E-state index < -0.39 is 0 Å². The van der Waals surface area contributed by atoms with Crippen molar-refractivity contribution in [2.24, 2.45) is 0 Å². The van der Waals surface area contributed by atoms with Gasteiger partial charge in [-0.1, -0.05) is 367 Å². The molecule has 0 fully saturated rings. The van der Waals surface area contributed by atoms with E-state index in [1.165, 1.54) is 231 Å². The zero-order chi connectivity index (χ0) is 86.9. The highest BCUT2D eigenvalue weighted by molar-refractivity contribution is 5.77. The Balaban J connectivity index is 1.29. The molecule has 0 unspecified atom stereocenters. The van der Waals surface area contributed by atoms with Gasteiger partial charge in [-0.05, 0) is 129 Å². The number of benzene rings is 4. The Morgan fingerprint density at radius 1 is 0.187 bits per heavy atom. The van der Waals surface area contributed by atoms with Crippen LogP contribution >= 0.6 is 0 Å². The van der Waals surface area contributed by atoms with Crippen molar-refractivity contribution < 1.29 is 42.6 Å². The third kappa shape index (κ3) is 42.6. The molecule has 0 atom stereocenters. The molecule has 123 heavy (non-hydrogen) atoms. The smallest absolute Gasteiger partial charge is 0.203 e. The molecule has 0 spiro atoms. The molecule has 0 radical (unpaired) electrons. The second-order valence-electron chi connectivity index (χ2n) is 35.0. The van der Waals surface area contributed by atoms with Gasteiger partial charge in [-0.3, -0.25) is 0 Å².